The van der Waals surface area contributed by atoms with Gasteiger partial charge in [-0.2, -0.15) is 0 Å². The summed E-state index contributed by atoms with van der Waals surface area (Å²) < 4.78 is 22.9. The molecule has 1 aliphatic heterocycles. The van der Waals surface area contributed by atoms with Gasteiger partial charge in [0.25, 0.3) is 5.69 Å². The SMILES string of the molecule is CN(Cc1ccc([N+](=O)[O-])c(Cl)c1)[C@H]1CCS(=O)(=O)C1. The molecule has 2 rings (SSSR count). The third-order valence-electron chi connectivity index (χ3n) is 3.47. The molecule has 1 aliphatic rings. The van der Waals surface area contributed by atoms with Crippen LogP contribution in [-0.4, -0.2) is 42.8 Å². The highest BCUT2D eigenvalue weighted by Gasteiger charge is 2.30. The zero-order chi connectivity index (χ0) is 14.9. The Balaban J connectivity index is 2.07. The number of halogens is 1. The molecule has 0 bridgehead atoms. The van der Waals surface area contributed by atoms with Crippen LogP contribution < -0.4 is 0 Å². The molecule has 0 amide bonds. The number of nitrogens with zero attached hydrogens (tertiary/aromatic N) is 2. The molecule has 0 aromatic heterocycles. The second-order valence-electron chi connectivity index (χ2n) is 5.01. The molecule has 6 nitrogen and oxygen atoms in total. The van der Waals surface area contributed by atoms with Crippen LogP contribution in [0.2, 0.25) is 5.02 Å². The topological polar surface area (TPSA) is 80.5 Å². The molecule has 0 radical (unpaired) electrons. The van der Waals surface area contributed by atoms with E-state index in [9.17, 15) is 18.5 Å². The van der Waals surface area contributed by atoms with E-state index in [0.29, 0.717) is 13.0 Å². The standard InChI is InChI=1S/C12H15ClN2O4S/c1-14(10-4-5-20(18,19)8-10)7-9-2-3-12(15(16)17)11(13)6-9/h2-3,6,10H,4-5,7-8H2,1H3/t10-/m0/s1. The van der Waals surface area contributed by atoms with Gasteiger partial charge in [-0.25, -0.2) is 8.42 Å². The second kappa shape index (κ2) is 5.67. The lowest BCUT2D eigenvalue weighted by atomic mass is 10.1. The maximum absolute atomic E-state index is 11.4. The van der Waals surface area contributed by atoms with Crippen molar-refractivity contribution >= 4 is 27.1 Å². The van der Waals surface area contributed by atoms with E-state index < -0.39 is 14.8 Å². The maximum Gasteiger partial charge on any atom is 0.287 e. The van der Waals surface area contributed by atoms with Gasteiger partial charge in [-0.05, 0) is 25.1 Å². The van der Waals surface area contributed by atoms with Crippen molar-refractivity contribution in [3.63, 3.8) is 0 Å². The first-order chi connectivity index (χ1) is 9.28. The molecule has 0 aliphatic carbocycles. The Hall–Kier alpha value is -1.18. The summed E-state index contributed by atoms with van der Waals surface area (Å²) in [6.07, 6.45) is 0.625. The lowest BCUT2D eigenvalue weighted by Crippen LogP contribution is -2.32. The minimum Gasteiger partial charge on any atom is -0.298 e. The molecule has 1 atom stereocenters. The van der Waals surface area contributed by atoms with Crippen molar-refractivity contribution in [3.8, 4) is 0 Å². The molecule has 0 unspecified atom stereocenters. The predicted octanol–water partition coefficient (Wildman–Crippen LogP) is 1.87. The molecule has 110 valence electrons. The largest absolute Gasteiger partial charge is 0.298 e. The fourth-order valence-electron chi connectivity index (χ4n) is 2.34. The second-order valence-corrected chi connectivity index (χ2v) is 7.65. The number of rotatable bonds is 4. The molecule has 1 aromatic carbocycles. The number of hydrogen-bond acceptors (Lipinski definition) is 5. The third-order valence-corrected chi connectivity index (χ3v) is 5.53. The van der Waals surface area contributed by atoms with E-state index in [1.165, 1.54) is 6.07 Å². The van der Waals surface area contributed by atoms with Gasteiger partial charge in [0.15, 0.2) is 9.84 Å². The van der Waals surface area contributed by atoms with Gasteiger partial charge in [-0.15, -0.1) is 0 Å². The Labute approximate surface area is 122 Å². The average molecular weight is 319 g/mol. The molecule has 1 heterocycles. The predicted molar refractivity (Wildman–Crippen MR) is 76.6 cm³/mol. The molecular weight excluding hydrogens is 304 g/mol. The summed E-state index contributed by atoms with van der Waals surface area (Å²) in [5.74, 6) is 0.396. The zero-order valence-electron chi connectivity index (χ0n) is 11.0. The van der Waals surface area contributed by atoms with Crippen molar-refractivity contribution in [1.29, 1.82) is 0 Å². The Morgan fingerprint density at radius 2 is 2.20 bits per heavy atom. The summed E-state index contributed by atoms with van der Waals surface area (Å²) in [5, 5.41) is 10.8. The van der Waals surface area contributed by atoms with Crippen LogP contribution >= 0.6 is 11.6 Å². The van der Waals surface area contributed by atoms with Crippen molar-refractivity contribution in [2.45, 2.75) is 19.0 Å². The molecule has 1 fully saturated rings. The van der Waals surface area contributed by atoms with E-state index in [0.717, 1.165) is 5.56 Å². The highest BCUT2D eigenvalue weighted by Crippen LogP contribution is 2.26. The summed E-state index contributed by atoms with van der Waals surface area (Å²) in [7, 11) is -1.07. The van der Waals surface area contributed by atoms with Crippen molar-refractivity contribution in [3.05, 3.63) is 38.9 Å². The Morgan fingerprint density at radius 1 is 1.50 bits per heavy atom. The van der Waals surface area contributed by atoms with Crippen LogP contribution in [0.4, 0.5) is 5.69 Å². The van der Waals surface area contributed by atoms with E-state index in [4.69, 9.17) is 11.6 Å². The van der Waals surface area contributed by atoms with E-state index in [-0.39, 0.29) is 28.3 Å². The fourth-order valence-corrected chi connectivity index (χ4v) is 4.41. The quantitative estimate of drug-likeness (QED) is 0.625. The highest BCUT2D eigenvalue weighted by molar-refractivity contribution is 7.91. The summed E-state index contributed by atoms with van der Waals surface area (Å²) in [4.78, 5) is 12.1. The number of benzene rings is 1. The zero-order valence-corrected chi connectivity index (χ0v) is 12.5. The van der Waals surface area contributed by atoms with Crippen LogP contribution in [0.5, 0.6) is 0 Å². The summed E-state index contributed by atoms with van der Waals surface area (Å²) in [6, 6.07) is 4.56. The molecule has 8 heteroatoms. The summed E-state index contributed by atoms with van der Waals surface area (Å²) in [6.45, 7) is 0.512. The molecular formula is C12H15ClN2O4S. The minimum atomic E-state index is -2.92. The van der Waals surface area contributed by atoms with Gasteiger partial charge in [0.05, 0.1) is 16.4 Å². The van der Waals surface area contributed by atoms with Gasteiger partial charge in [0.2, 0.25) is 0 Å². The van der Waals surface area contributed by atoms with Gasteiger partial charge in [-0.3, -0.25) is 15.0 Å². The highest BCUT2D eigenvalue weighted by atomic mass is 35.5. The normalized spacial score (nSPS) is 21.2. The van der Waals surface area contributed by atoms with Crippen LogP contribution in [0, 0.1) is 10.1 Å². The molecule has 0 saturated carbocycles. The van der Waals surface area contributed by atoms with Gasteiger partial charge < -0.3 is 0 Å². The van der Waals surface area contributed by atoms with Crippen LogP contribution in [-0.2, 0) is 16.4 Å². The molecule has 0 spiro atoms. The average Bonchev–Trinajstić information content (AvgIpc) is 2.69. The first-order valence-electron chi connectivity index (χ1n) is 6.12. The Morgan fingerprint density at radius 3 is 2.70 bits per heavy atom. The lowest BCUT2D eigenvalue weighted by molar-refractivity contribution is -0.384. The van der Waals surface area contributed by atoms with Crippen LogP contribution in [0.15, 0.2) is 18.2 Å². The summed E-state index contributed by atoms with van der Waals surface area (Å²) >= 11 is 5.86. The maximum atomic E-state index is 11.4. The third kappa shape index (κ3) is 3.47. The lowest BCUT2D eigenvalue weighted by Gasteiger charge is -2.23. The van der Waals surface area contributed by atoms with Crippen LogP contribution in [0.1, 0.15) is 12.0 Å². The number of nitro groups is 1. The Kier molecular flexibility index (Phi) is 4.31. The monoisotopic (exact) mass is 318 g/mol. The summed E-state index contributed by atoms with van der Waals surface area (Å²) in [5.41, 5.74) is 0.703. The smallest absolute Gasteiger partial charge is 0.287 e. The number of nitro benzene ring substituents is 1. The van der Waals surface area contributed by atoms with Gasteiger partial charge in [-0.1, -0.05) is 17.7 Å². The van der Waals surface area contributed by atoms with E-state index in [1.807, 2.05) is 11.9 Å². The van der Waals surface area contributed by atoms with Crippen LogP contribution in [0.25, 0.3) is 0 Å². The fraction of sp³-hybridized carbons (Fsp3) is 0.500. The number of sulfone groups is 1. The van der Waals surface area contributed by atoms with Gasteiger partial charge in [0.1, 0.15) is 5.02 Å². The van der Waals surface area contributed by atoms with Gasteiger partial charge >= 0.3 is 0 Å². The molecule has 1 saturated heterocycles. The number of hydrogen-bond donors (Lipinski definition) is 0. The van der Waals surface area contributed by atoms with E-state index in [2.05, 4.69) is 0 Å². The van der Waals surface area contributed by atoms with Crippen molar-refractivity contribution in [2.75, 3.05) is 18.6 Å². The molecule has 1 aromatic rings. The van der Waals surface area contributed by atoms with E-state index >= 15 is 0 Å². The Bertz CT molecular complexity index is 632. The first-order valence-corrected chi connectivity index (χ1v) is 8.32. The molecule has 0 N–H and O–H groups in total. The van der Waals surface area contributed by atoms with Crippen molar-refractivity contribution in [1.82, 2.24) is 4.90 Å². The van der Waals surface area contributed by atoms with Crippen LogP contribution in [0.3, 0.4) is 0 Å². The van der Waals surface area contributed by atoms with Crippen molar-refractivity contribution in [2.24, 2.45) is 0 Å². The van der Waals surface area contributed by atoms with Crippen molar-refractivity contribution < 1.29 is 13.3 Å². The molecule has 20 heavy (non-hydrogen) atoms. The van der Waals surface area contributed by atoms with Gasteiger partial charge in [0, 0.05) is 18.7 Å². The first kappa shape index (κ1) is 15.2. The van der Waals surface area contributed by atoms with E-state index in [1.54, 1.807) is 12.1 Å². The minimum absolute atomic E-state index is 0.00559.